The molecule has 0 fully saturated rings. The molecule has 1 N–H and O–H groups in total. The van der Waals surface area contributed by atoms with Crippen LogP contribution in [-0.2, 0) is 21.1 Å². The fourth-order valence-corrected chi connectivity index (χ4v) is 0. The van der Waals surface area contributed by atoms with Crippen LogP contribution < -0.4 is 4.66 Å². The summed E-state index contributed by atoms with van der Waals surface area (Å²) in [6.45, 7) is 0. The first kappa shape index (κ1) is 8.86. The molecule has 0 aromatic heterocycles. The van der Waals surface area contributed by atoms with Crippen LogP contribution in [-0.4, -0.2) is 4.66 Å². The van der Waals surface area contributed by atoms with Gasteiger partial charge in [0.05, 0.1) is 0 Å². The van der Waals surface area contributed by atoms with Gasteiger partial charge in [-0.2, -0.15) is 0 Å². The Morgan fingerprint density at radius 3 is 1.75 bits per heavy atom. The number of hydrogen-bond donors (Lipinski definition) is 1. The smallest absolute Gasteiger partial charge is 0.327 e. The third-order valence-electron chi connectivity index (χ3n) is 0. The Hall–Kier alpha value is 0.898. The van der Waals surface area contributed by atoms with Crippen LogP contribution in [0.1, 0.15) is 0 Å². The van der Waals surface area contributed by atoms with Crippen molar-refractivity contribution in [3.63, 3.8) is 0 Å². The van der Waals surface area contributed by atoms with Crippen molar-refractivity contribution < 1.29 is 41.7 Å². The van der Waals surface area contributed by atoms with Crippen LogP contribution in [0.15, 0.2) is 0 Å². The molecule has 0 heterocycles. The van der Waals surface area contributed by atoms with E-state index in [4.69, 9.17) is 9.32 Å². The van der Waals surface area contributed by atoms with Crippen LogP contribution in [0.5, 0.6) is 0 Å². The Labute approximate surface area is 42.2 Å². The molecule has 0 bridgehead atoms. The quantitative estimate of drug-likeness (QED) is 0.563. The molecule has 0 aromatic rings. The Kier molecular flexibility index (Phi) is 20.1. The van der Waals surface area contributed by atoms with Crippen molar-refractivity contribution >= 4 is 0 Å². The third-order valence-corrected chi connectivity index (χ3v) is 0. The van der Waals surface area contributed by atoms with Gasteiger partial charge in [-0.05, 0) is 0 Å². The van der Waals surface area contributed by atoms with Crippen molar-refractivity contribution in [3.05, 3.63) is 0 Å². The second kappa shape index (κ2) is 9.09. The maximum atomic E-state index is 8.35. The fraction of sp³-hybridized carbons (Fsp3) is 0. The molecule has 0 aliphatic rings. The molecule has 0 radical (unpaired) electrons. The van der Waals surface area contributed by atoms with E-state index in [0.29, 0.717) is 0 Å². The van der Waals surface area contributed by atoms with E-state index >= 15 is 0 Å². The molecule has 0 aromatic carbocycles. The van der Waals surface area contributed by atoms with Gasteiger partial charge < -0.3 is 4.66 Å². The van der Waals surface area contributed by atoms with Crippen LogP contribution in [0.4, 0.5) is 0 Å². The van der Waals surface area contributed by atoms with Gasteiger partial charge in [-0.1, -0.05) is 0 Å². The molecule has 0 unspecified atom stereocenters. The van der Waals surface area contributed by atoms with E-state index in [1.54, 1.807) is 0 Å². The third kappa shape index (κ3) is 12.9. The molecular weight excluding hydrogens is 263 g/mol. The normalized spacial score (nSPS) is 4.50. The molecule has 0 rings (SSSR count). The van der Waals surface area contributed by atoms with Crippen LogP contribution in [0.2, 0.25) is 0 Å². The molecule has 2 nitrogen and oxygen atoms in total. The summed E-state index contributed by atoms with van der Waals surface area (Å²) >= 11 is -0.167. The van der Waals surface area contributed by atoms with E-state index in [0.717, 1.165) is 0 Å². The Bertz CT molecular complexity index is 6.00. The summed E-state index contributed by atoms with van der Waals surface area (Å²) in [5, 5.41) is 0. The predicted molar refractivity (Wildman–Crippen MR) is 2.22 cm³/mol. The molecule has 30 valence electrons. The van der Waals surface area contributed by atoms with Crippen LogP contribution in [0.25, 0.3) is 0 Å². The first-order chi connectivity index (χ1) is 1.41. The monoisotopic (exact) mass is 263 g/mol. The minimum Gasteiger partial charge on any atom is -0.506 e. The average molecular weight is 264 g/mol. The zero-order valence-electron chi connectivity index (χ0n) is 1.55. The maximum Gasteiger partial charge on any atom is 0.327 e. The number of hydrogen-bond acceptors (Lipinski definition) is 2. The minimum absolute atomic E-state index is 0. The Balaban J connectivity index is 0. The van der Waals surface area contributed by atoms with Crippen molar-refractivity contribution in [3.8, 4) is 0 Å². The summed E-state index contributed by atoms with van der Waals surface area (Å²) in [6, 6.07) is 0. The number of rotatable bonds is 0. The van der Waals surface area contributed by atoms with Gasteiger partial charge in [0.25, 0.3) is 0 Å². The van der Waals surface area contributed by atoms with Crippen molar-refractivity contribution in [1.82, 2.24) is 0 Å². The Morgan fingerprint density at radius 1 is 1.75 bits per heavy atom. The Morgan fingerprint density at radius 2 is 1.75 bits per heavy atom. The molecule has 0 saturated carbocycles. The van der Waals surface area contributed by atoms with Crippen molar-refractivity contribution in [2.75, 3.05) is 0 Å². The van der Waals surface area contributed by atoms with Gasteiger partial charge in [0, 0.05) is 21.1 Å². The minimum atomic E-state index is -0.167. The van der Waals surface area contributed by atoms with E-state index in [9.17, 15) is 0 Å². The van der Waals surface area contributed by atoms with Crippen molar-refractivity contribution in [2.24, 2.45) is 0 Å². The van der Waals surface area contributed by atoms with Gasteiger partial charge >= 0.3 is 11.3 Å². The van der Waals surface area contributed by atoms with Crippen LogP contribution >= 0.6 is 0 Å². The molecule has 4 heteroatoms. The van der Waals surface area contributed by atoms with Gasteiger partial charge in [-0.15, -0.1) is 4.66 Å². The predicted octanol–water partition coefficient (Wildman–Crippen LogP) is -1.75. The van der Waals surface area contributed by atoms with Gasteiger partial charge in [-0.3, -0.25) is 0 Å². The largest absolute Gasteiger partial charge is 0.506 e. The zero-order chi connectivity index (χ0) is 2.71. The second-order valence-corrected chi connectivity index (χ2v) is 0.207. The summed E-state index contributed by atoms with van der Waals surface area (Å²) in [5.74, 6) is 0. The van der Waals surface area contributed by atoms with Gasteiger partial charge in [0.1, 0.15) is 0 Å². The topological polar surface area (TPSA) is 43.3 Å². The van der Waals surface area contributed by atoms with Crippen LogP contribution in [0.3, 0.4) is 0 Å². The SMILES string of the molecule is [O-][Cl+]O.[Pt]. The molecule has 0 aliphatic heterocycles. The van der Waals surface area contributed by atoms with E-state index in [2.05, 4.69) is 0 Å². The summed E-state index contributed by atoms with van der Waals surface area (Å²) in [6.07, 6.45) is 0. The molecule has 0 aliphatic carbocycles. The van der Waals surface area contributed by atoms with E-state index in [1.807, 2.05) is 0 Å². The van der Waals surface area contributed by atoms with E-state index in [1.165, 1.54) is 0 Å². The van der Waals surface area contributed by atoms with Gasteiger partial charge in [-0.25, -0.2) is 0 Å². The zero-order valence-corrected chi connectivity index (χ0v) is 4.58. The van der Waals surface area contributed by atoms with Crippen molar-refractivity contribution in [1.29, 1.82) is 0 Å². The molecule has 0 spiro atoms. The van der Waals surface area contributed by atoms with Crippen molar-refractivity contribution in [2.45, 2.75) is 0 Å². The van der Waals surface area contributed by atoms with Gasteiger partial charge in [0.15, 0.2) is 0 Å². The summed E-state index contributed by atoms with van der Waals surface area (Å²) in [4.78, 5) is 0. The first-order valence-electron chi connectivity index (χ1n) is 0.323. The van der Waals surface area contributed by atoms with Crippen LogP contribution in [0, 0.1) is 11.3 Å². The van der Waals surface area contributed by atoms with E-state index < -0.39 is 0 Å². The second-order valence-electron chi connectivity index (χ2n) is 0.0690. The molecule has 4 heavy (non-hydrogen) atoms. The standard InChI is InChI=1S/ClHO2.Pt/c2-1-3;/h2H;. The first-order valence-corrected chi connectivity index (χ1v) is 0.970. The molecule has 0 amide bonds. The summed E-state index contributed by atoms with van der Waals surface area (Å²) in [5.41, 5.74) is 0. The molecular formula is HClO2Pt. The summed E-state index contributed by atoms with van der Waals surface area (Å²) in [7, 11) is 0. The maximum absolute atomic E-state index is 8.35. The number of halogens is 1. The summed E-state index contributed by atoms with van der Waals surface area (Å²) < 4.78 is 15.2. The molecule has 0 saturated heterocycles. The fourth-order valence-electron chi connectivity index (χ4n) is 0. The average Bonchev–Trinajstić information content (AvgIpc) is 0.918. The molecule has 0 atom stereocenters. The van der Waals surface area contributed by atoms with E-state index in [-0.39, 0.29) is 32.4 Å². The van der Waals surface area contributed by atoms with Gasteiger partial charge in [0.2, 0.25) is 0 Å².